The molecule has 4 heteroatoms. The van der Waals surface area contributed by atoms with Crippen molar-refractivity contribution in [3.05, 3.63) is 205 Å². The number of allylic oxidation sites excluding steroid dienone is 4. The van der Waals surface area contributed by atoms with Crippen LogP contribution < -0.4 is 0 Å². The van der Waals surface area contributed by atoms with E-state index in [9.17, 15) is 0 Å². The van der Waals surface area contributed by atoms with Gasteiger partial charge in [-0.1, -0.05) is 164 Å². The normalized spacial score (nSPS) is 13.8. The first kappa shape index (κ1) is 32.3. The van der Waals surface area contributed by atoms with Crippen LogP contribution in [0, 0.1) is 12.1 Å². The summed E-state index contributed by atoms with van der Waals surface area (Å²) < 4.78 is 6.42. The third-order valence-electron chi connectivity index (χ3n) is 10.4. The number of rotatable bonds is 7. The van der Waals surface area contributed by atoms with Crippen molar-refractivity contribution < 1.29 is 4.42 Å². The highest BCUT2D eigenvalue weighted by Gasteiger charge is 2.19. The Morgan fingerprint density at radius 1 is 0.509 bits per heavy atom. The molecule has 0 saturated carbocycles. The predicted molar refractivity (Wildman–Crippen MR) is 223 cm³/mol. The number of nitrogens with zero attached hydrogens (tertiary/aromatic N) is 3. The first-order valence-corrected chi connectivity index (χ1v) is 18.5. The number of fused-ring (bicyclic) bond motifs is 3. The van der Waals surface area contributed by atoms with Crippen molar-refractivity contribution in [1.29, 1.82) is 0 Å². The van der Waals surface area contributed by atoms with E-state index in [2.05, 4.69) is 109 Å². The molecule has 0 fully saturated rings. The highest BCUT2D eigenvalue weighted by molar-refractivity contribution is 6.12. The molecule has 9 aromatic rings. The lowest BCUT2D eigenvalue weighted by atomic mass is 9.85. The second kappa shape index (κ2) is 13.9. The fraction of sp³-hybridized carbons (Fsp3) is 0.0392. The van der Waals surface area contributed by atoms with Gasteiger partial charge in [-0.05, 0) is 70.1 Å². The summed E-state index contributed by atoms with van der Waals surface area (Å²) in [7, 11) is 0. The predicted octanol–water partition coefficient (Wildman–Crippen LogP) is 12.8. The lowest BCUT2D eigenvalue weighted by molar-refractivity contribution is 0.669. The van der Waals surface area contributed by atoms with E-state index in [1.807, 2.05) is 84.9 Å². The van der Waals surface area contributed by atoms with Crippen LogP contribution in [-0.2, 0) is 0 Å². The summed E-state index contributed by atoms with van der Waals surface area (Å²) in [5.41, 5.74) is 12.7. The van der Waals surface area contributed by atoms with Gasteiger partial charge < -0.3 is 4.42 Å². The van der Waals surface area contributed by atoms with Crippen LogP contribution in [-0.4, -0.2) is 15.0 Å². The molecular formula is C51H33N3O. The summed E-state index contributed by atoms with van der Waals surface area (Å²) in [6.45, 7) is 0. The Hall–Kier alpha value is -7.35. The smallest absolute Gasteiger partial charge is 0.164 e. The number of benzene rings is 6. The first-order chi connectivity index (χ1) is 27.2. The molecule has 0 amide bonds. The molecule has 2 aromatic heterocycles. The van der Waals surface area contributed by atoms with E-state index in [0.29, 0.717) is 17.5 Å². The SMILES string of the molecule is c1cc(-c2ccccc2)cc(C2C=CC=C(c3ccc(-c4ccc5oc6cccc(-c7nc(-c8ccccc8)nc(-c8ccccc8)n7)c6c5c4)cc3)C2)c#1. The number of aromatic nitrogens is 3. The van der Waals surface area contributed by atoms with E-state index in [0.717, 1.165) is 61.7 Å². The van der Waals surface area contributed by atoms with Crippen LogP contribution in [0.2, 0.25) is 0 Å². The second-order valence-corrected chi connectivity index (χ2v) is 13.8. The van der Waals surface area contributed by atoms with E-state index >= 15 is 0 Å². The van der Waals surface area contributed by atoms with Crippen LogP contribution in [0.1, 0.15) is 23.5 Å². The maximum absolute atomic E-state index is 6.42. The van der Waals surface area contributed by atoms with Gasteiger partial charge in [0.15, 0.2) is 17.5 Å². The zero-order valence-electron chi connectivity index (χ0n) is 29.9. The quantitative estimate of drug-likeness (QED) is 0.166. The highest BCUT2D eigenvalue weighted by Crippen LogP contribution is 2.39. The Labute approximate surface area is 319 Å². The largest absolute Gasteiger partial charge is 0.456 e. The van der Waals surface area contributed by atoms with Crippen LogP contribution in [0.15, 0.2) is 186 Å². The molecule has 0 N–H and O–H groups in total. The van der Waals surface area contributed by atoms with E-state index in [4.69, 9.17) is 19.4 Å². The standard InChI is InChI=1S/C51H33N3O/c1-4-13-34(14-5-1)39-19-10-21-41(31-39)42-22-11-20-40(32-42)35-25-27-36(28-26-35)43-29-30-46-45(33-43)48-44(23-12-24-47(48)55-46)51-53-49(37-15-6-2-7-16-37)52-50(54-51)38-17-8-3-9-18-38/h1-9,11-20,22-31,33,42H,32H2. The maximum atomic E-state index is 6.42. The van der Waals surface area contributed by atoms with Gasteiger partial charge in [0.1, 0.15) is 11.2 Å². The third-order valence-corrected chi connectivity index (χ3v) is 10.4. The van der Waals surface area contributed by atoms with Gasteiger partial charge >= 0.3 is 0 Å². The molecule has 0 bridgehead atoms. The van der Waals surface area contributed by atoms with Crippen LogP contribution in [0.3, 0.4) is 0 Å². The zero-order chi connectivity index (χ0) is 36.6. The minimum absolute atomic E-state index is 0.238. The van der Waals surface area contributed by atoms with Crippen molar-refractivity contribution in [2.24, 2.45) is 0 Å². The first-order valence-electron chi connectivity index (χ1n) is 18.5. The average Bonchev–Trinajstić information content (AvgIpc) is 3.66. The third kappa shape index (κ3) is 6.28. The molecule has 1 unspecified atom stereocenters. The van der Waals surface area contributed by atoms with Gasteiger partial charge in [0.2, 0.25) is 0 Å². The van der Waals surface area contributed by atoms with Crippen molar-refractivity contribution >= 4 is 27.5 Å². The van der Waals surface area contributed by atoms with E-state index in [-0.39, 0.29) is 5.92 Å². The fourth-order valence-corrected chi connectivity index (χ4v) is 7.54. The molecule has 4 nitrogen and oxygen atoms in total. The highest BCUT2D eigenvalue weighted by atomic mass is 16.3. The van der Waals surface area contributed by atoms with Gasteiger partial charge in [-0.2, -0.15) is 0 Å². The van der Waals surface area contributed by atoms with Crippen molar-refractivity contribution in [2.75, 3.05) is 0 Å². The molecular weight excluding hydrogens is 671 g/mol. The van der Waals surface area contributed by atoms with E-state index in [1.165, 1.54) is 22.3 Å². The summed E-state index contributed by atoms with van der Waals surface area (Å²) in [5.74, 6) is 2.10. The number of furan rings is 1. The van der Waals surface area contributed by atoms with Gasteiger partial charge in [0.25, 0.3) is 0 Å². The molecule has 1 atom stereocenters. The zero-order valence-corrected chi connectivity index (χ0v) is 29.9. The second-order valence-electron chi connectivity index (χ2n) is 13.8. The van der Waals surface area contributed by atoms with Crippen molar-refractivity contribution in [1.82, 2.24) is 15.0 Å². The molecule has 1 aliphatic rings. The van der Waals surface area contributed by atoms with Gasteiger partial charge in [-0.3, -0.25) is 0 Å². The van der Waals surface area contributed by atoms with E-state index in [1.54, 1.807) is 0 Å². The summed E-state index contributed by atoms with van der Waals surface area (Å²) >= 11 is 0. The molecule has 0 aliphatic heterocycles. The summed E-state index contributed by atoms with van der Waals surface area (Å²) in [6, 6.07) is 62.9. The van der Waals surface area contributed by atoms with E-state index < -0.39 is 0 Å². The van der Waals surface area contributed by atoms with Gasteiger partial charge in [0.05, 0.1) is 0 Å². The maximum Gasteiger partial charge on any atom is 0.164 e. The molecule has 7 aromatic carbocycles. The number of hydrogen-bond acceptors (Lipinski definition) is 4. The van der Waals surface area contributed by atoms with Crippen molar-refractivity contribution in [3.63, 3.8) is 0 Å². The van der Waals surface area contributed by atoms with Crippen LogP contribution in [0.25, 0.3) is 83.9 Å². The minimum atomic E-state index is 0.238. The number of hydrogen-bond donors (Lipinski definition) is 0. The summed E-state index contributed by atoms with van der Waals surface area (Å²) in [4.78, 5) is 15.0. The summed E-state index contributed by atoms with van der Waals surface area (Å²) in [5, 5.41) is 2.00. The lowest BCUT2D eigenvalue weighted by Gasteiger charge is -2.19. The van der Waals surface area contributed by atoms with Crippen molar-refractivity contribution in [2.45, 2.75) is 12.3 Å². The van der Waals surface area contributed by atoms with Gasteiger partial charge in [-0.25, -0.2) is 15.0 Å². The fourth-order valence-electron chi connectivity index (χ4n) is 7.54. The topological polar surface area (TPSA) is 51.8 Å². The van der Waals surface area contributed by atoms with Crippen LogP contribution in [0.5, 0.6) is 0 Å². The summed E-state index contributed by atoms with van der Waals surface area (Å²) in [6.07, 6.45) is 7.58. The molecule has 0 radical (unpaired) electrons. The van der Waals surface area contributed by atoms with Crippen LogP contribution in [0.4, 0.5) is 0 Å². The Kier molecular flexibility index (Phi) is 8.16. The Morgan fingerprint density at radius 2 is 1.13 bits per heavy atom. The van der Waals surface area contributed by atoms with Gasteiger partial charge in [-0.15, -0.1) is 0 Å². The molecule has 0 spiro atoms. The lowest BCUT2D eigenvalue weighted by Crippen LogP contribution is -2.00. The van der Waals surface area contributed by atoms with Crippen molar-refractivity contribution in [3.8, 4) is 56.4 Å². The monoisotopic (exact) mass is 703 g/mol. The Balaban J connectivity index is 0.982. The van der Waals surface area contributed by atoms with Crippen LogP contribution >= 0.6 is 0 Å². The average molecular weight is 704 g/mol. The molecule has 2 heterocycles. The Bertz CT molecular complexity index is 2820. The molecule has 10 rings (SSSR count). The molecule has 258 valence electrons. The Morgan fingerprint density at radius 3 is 1.84 bits per heavy atom. The molecule has 0 saturated heterocycles. The molecule has 55 heavy (non-hydrogen) atoms. The van der Waals surface area contributed by atoms with Gasteiger partial charge in [0, 0.05) is 38.9 Å². The minimum Gasteiger partial charge on any atom is -0.456 e. The molecule has 1 aliphatic carbocycles.